The van der Waals surface area contributed by atoms with Crippen molar-refractivity contribution in [1.29, 1.82) is 0 Å². The third-order valence-corrected chi connectivity index (χ3v) is 4.63. The van der Waals surface area contributed by atoms with Gasteiger partial charge in [0.05, 0.1) is 11.4 Å². The zero-order valence-electron chi connectivity index (χ0n) is 11.2. The van der Waals surface area contributed by atoms with Gasteiger partial charge < -0.3 is 5.73 Å². The van der Waals surface area contributed by atoms with Crippen molar-refractivity contribution in [3.63, 3.8) is 0 Å². The number of unbranched alkanes of at least 4 members (excludes halogenated alkanes) is 1. The minimum atomic E-state index is -3.49. The summed E-state index contributed by atoms with van der Waals surface area (Å²) in [4.78, 5) is 0. The number of para-hydroxylation sites is 1. The second-order valence-electron chi connectivity index (χ2n) is 4.34. The highest BCUT2D eigenvalue weighted by Crippen LogP contribution is 2.22. The molecular weight excluding hydrogens is 267 g/mol. The fourth-order valence-corrected chi connectivity index (χ4v) is 3.46. The zero-order chi connectivity index (χ0) is 14.3. The predicted molar refractivity (Wildman–Crippen MR) is 76.1 cm³/mol. The van der Waals surface area contributed by atoms with Crippen LogP contribution in [0.25, 0.3) is 0 Å². The van der Waals surface area contributed by atoms with Crippen LogP contribution in [0.15, 0.2) is 24.3 Å². The lowest BCUT2D eigenvalue weighted by atomic mass is 10.3. The van der Waals surface area contributed by atoms with E-state index >= 15 is 0 Å². The summed E-state index contributed by atoms with van der Waals surface area (Å²) >= 11 is 0. The van der Waals surface area contributed by atoms with Crippen molar-refractivity contribution in [2.45, 2.75) is 26.2 Å². The average molecular weight is 288 g/mol. The minimum absolute atomic E-state index is 0.0302. The van der Waals surface area contributed by atoms with Crippen molar-refractivity contribution in [1.82, 2.24) is 0 Å². The van der Waals surface area contributed by atoms with E-state index in [9.17, 15) is 12.8 Å². The summed E-state index contributed by atoms with van der Waals surface area (Å²) in [6.07, 6.45) is 1.84. The number of nitrogens with two attached hydrogens (primary N) is 1. The molecule has 0 radical (unpaired) electrons. The van der Waals surface area contributed by atoms with Crippen molar-refractivity contribution in [2.24, 2.45) is 5.73 Å². The third kappa shape index (κ3) is 4.47. The molecule has 0 aliphatic rings. The van der Waals surface area contributed by atoms with Crippen LogP contribution in [0.5, 0.6) is 0 Å². The fraction of sp³-hybridized carbons (Fsp3) is 0.538. The molecule has 19 heavy (non-hydrogen) atoms. The van der Waals surface area contributed by atoms with E-state index in [1.165, 1.54) is 12.1 Å². The third-order valence-electron chi connectivity index (χ3n) is 2.78. The van der Waals surface area contributed by atoms with Crippen molar-refractivity contribution in [2.75, 3.05) is 23.1 Å². The number of anilines is 1. The Bertz CT molecular complexity index is 491. The smallest absolute Gasteiger partial charge is 0.235 e. The minimum Gasteiger partial charge on any atom is -0.330 e. The van der Waals surface area contributed by atoms with E-state index in [-0.39, 0.29) is 18.0 Å². The first-order valence-corrected chi connectivity index (χ1v) is 8.09. The molecule has 1 aromatic carbocycles. The zero-order valence-corrected chi connectivity index (χ0v) is 12.0. The molecule has 108 valence electrons. The van der Waals surface area contributed by atoms with Gasteiger partial charge in [0.2, 0.25) is 10.0 Å². The Morgan fingerprint density at radius 2 is 1.95 bits per heavy atom. The summed E-state index contributed by atoms with van der Waals surface area (Å²) in [6.45, 7) is 2.50. The maximum Gasteiger partial charge on any atom is 0.235 e. The van der Waals surface area contributed by atoms with Gasteiger partial charge in [-0.05, 0) is 31.5 Å². The van der Waals surface area contributed by atoms with E-state index in [4.69, 9.17) is 5.73 Å². The van der Waals surface area contributed by atoms with Gasteiger partial charge >= 0.3 is 0 Å². The maximum absolute atomic E-state index is 13.8. The van der Waals surface area contributed by atoms with Gasteiger partial charge in [0.25, 0.3) is 0 Å². The van der Waals surface area contributed by atoms with Crippen LogP contribution in [-0.4, -0.2) is 27.3 Å². The lowest BCUT2D eigenvalue weighted by molar-refractivity contribution is 0.580. The maximum atomic E-state index is 13.8. The molecule has 0 aliphatic carbocycles. The van der Waals surface area contributed by atoms with Gasteiger partial charge in [0.1, 0.15) is 5.82 Å². The van der Waals surface area contributed by atoms with Crippen molar-refractivity contribution < 1.29 is 12.8 Å². The molecule has 4 nitrogen and oxygen atoms in total. The molecule has 0 aromatic heterocycles. The first-order chi connectivity index (χ1) is 9.03. The molecule has 0 bridgehead atoms. The van der Waals surface area contributed by atoms with Gasteiger partial charge in [-0.15, -0.1) is 0 Å². The molecule has 0 amide bonds. The standard InChI is InChI=1S/C13H21FN2O2S/c1-2-3-11-19(17,18)16(10-6-9-15)13-8-5-4-7-12(13)14/h4-5,7-8H,2-3,6,9-11,15H2,1H3. The van der Waals surface area contributed by atoms with Crippen molar-refractivity contribution >= 4 is 15.7 Å². The number of benzene rings is 1. The molecule has 0 atom stereocenters. The second kappa shape index (κ2) is 7.45. The molecule has 0 heterocycles. The van der Waals surface area contributed by atoms with Gasteiger partial charge in [-0.2, -0.15) is 0 Å². The Hall–Kier alpha value is -1.14. The Balaban J connectivity index is 3.04. The van der Waals surface area contributed by atoms with Crippen LogP contribution in [0, 0.1) is 5.82 Å². The SMILES string of the molecule is CCCCS(=O)(=O)N(CCCN)c1ccccc1F. The highest BCUT2D eigenvalue weighted by molar-refractivity contribution is 7.92. The molecule has 1 aromatic rings. The van der Waals surface area contributed by atoms with Gasteiger partial charge in [-0.3, -0.25) is 4.31 Å². The summed E-state index contributed by atoms with van der Waals surface area (Å²) < 4.78 is 39.5. The molecular formula is C13H21FN2O2S. The summed E-state index contributed by atoms with van der Waals surface area (Å²) in [5, 5.41) is 0. The number of hydrogen-bond donors (Lipinski definition) is 1. The van der Waals surface area contributed by atoms with Crippen molar-refractivity contribution in [3.8, 4) is 0 Å². The number of sulfonamides is 1. The van der Waals surface area contributed by atoms with E-state index in [0.29, 0.717) is 19.4 Å². The molecule has 0 aliphatic heterocycles. The van der Waals surface area contributed by atoms with E-state index in [1.54, 1.807) is 12.1 Å². The topological polar surface area (TPSA) is 63.4 Å². The van der Waals surface area contributed by atoms with Crippen LogP contribution >= 0.6 is 0 Å². The number of rotatable bonds is 8. The Morgan fingerprint density at radius 3 is 2.53 bits per heavy atom. The summed E-state index contributed by atoms with van der Waals surface area (Å²) in [6, 6.07) is 5.91. The lowest BCUT2D eigenvalue weighted by Crippen LogP contribution is -2.35. The second-order valence-corrected chi connectivity index (χ2v) is 6.35. The summed E-state index contributed by atoms with van der Waals surface area (Å²) in [7, 11) is -3.49. The number of hydrogen-bond acceptors (Lipinski definition) is 3. The van der Waals surface area contributed by atoms with Crippen LogP contribution in [0.3, 0.4) is 0 Å². The van der Waals surface area contributed by atoms with Crippen LogP contribution in [-0.2, 0) is 10.0 Å². The largest absolute Gasteiger partial charge is 0.330 e. The summed E-state index contributed by atoms with van der Waals surface area (Å²) in [5.74, 6) is -0.498. The van der Waals surface area contributed by atoms with Gasteiger partial charge in [-0.25, -0.2) is 12.8 Å². The van der Waals surface area contributed by atoms with Gasteiger partial charge in [0.15, 0.2) is 0 Å². The van der Waals surface area contributed by atoms with Crippen LogP contribution in [0.1, 0.15) is 26.2 Å². The quantitative estimate of drug-likeness (QED) is 0.797. The first-order valence-electron chi connectivity index (χ1n) is 6.48. The monoisotopic (exact) mass is 288 g/mol. The Morgan fingerprint density at radius 1 is 1.26 bits per heavy atom. The molecule has 2 N–H and O–H groups in total. The van der Waals surface area contributed by atoms with Crippen LogP contribution in [0.4, 0.5) is 10.1 Å². The number of halogens is 1. The van der Waals surface area contributed by atoms with E-state index in [1.807, 2.05) is 6.92 Å². The van der Waals surface area contributed by atoms with Gasteiger partial charge in [-0.1, -0.05) is 25.5 Å². The Labute approximate surface area is 114 Å². The van der Waals surface area contributed by atoms with Crippen molar-refractivity contribution in [3.05, 3.63) is 30.1 Å². The average Bonchev–Trinajstić information content (AvgIpc) is 2.38. The highest BCUT2D eigenvalue weighted by atomic mass is 32.2. The first kappa shape index (κ1) is 15.9. The van der Waals surface area contributed by atoms with Crippen LogP contribution < -0.4 is 10.0 Å². The number of nitrogens with zero attached hydrogens (tertiary/aromatic N) is 1. The van der Waals surface area contributed by atoms with Crippen LogP contribution in [0.2, 0.25) is 0 Å². The predicted octanol–water partition coefficient (Wildman–Crippen LogP) is 2.11. The molecule has 1 rings (SSSR count). The lowest BCUT2D eigenvalue weighted by Gasteiger charge is -2.24. The molecule has 0 unspecified atom stereocenters. The van der Waals surface area contributed by atoms with E-state index in [0.717, 1.165) is 10.7 Å². The normalized spacial score (nSPS) is 11.5. The summed E-state index contributed by atoms with van der Waals surface area (Å²) in [5.41, 5.74) is 5.52. The molecule has 0 fully saturated rings. The van der Waals surface area contributed by atoms with E-state index < -0.39 is 15.8 Å². The molecule has 0 saturated heterocycles. The molecule has 0 saturated carbocycles. The fourth-order valence-electron chi connectivity index (χ4n) is 1.74. The Kier molecular flexibility index (Phi) is 6.24. The van der Waals surface area contributed by atoms with Gasteiger partial charge in [0, 0.05) is 6.54 Å². The molecule has 6 heteroatoms. The highest BCUT2D eigenvalue weighted by Gasteiger charge is 2.23. The van der Waals surface area contributed by atoms with E-state index in [2.05, 4.69) is 0 Å². The molecule has 0 spiro atoms.